The lowest BCUT2D eigenvalue weighted by Gasteiger charge is -2.03. The third-order valence-electron chi connectivity index (χ3n) is 2.17. The zero-order valence-corrected chi connectivity index (χ0v) is 7.79. The molecule has 1 aromatic heterocycles. The summed E-state index contributed by atoms with van der Waals surface area (Å²) < 4.78 is 4.94. The van der Waals surface area contributed by atoms with Gasteiger partial charge in [-0.3, -0.25) is 0 Å². The van der Waals surface area contributed by atoms with Gasteiger partial charge in [0.15, 0.2) is 6.26 Å². The minimum absolute atomic E-state index is 1.10. The number of furan rings is 1. The van der Waals surface area contributed by atoms with E-state index >= 15 is 0 Å². The molecule has 0 atom stereocenters. The number of hydrogen-bond donors (Lipinski definition) is 0. The van der Waals surface area contributed by atoms with Gasteiger partial charge in [0, 0.05) is 5.56 Å². The molecule has 2 aromatic rings. The van der Waals surface area contributed by atoms with E-state index in [4.69, 9.17) is 4.42 Å². The minimum Gasteiger partial charge on any atom is -0.460 e. The SMILES string of the molecule is Cc1ccc(C)c(-c2c[c]oc2)c1. The molecule has 1 heteroatoms. The van der Waals surface area contributed by atoms with Crippen molar-refractivity contribution in [1.29, 1.82) is 0 Å². The Kier molecular flexibility index (Phi) is 1.93. The van der Waals surface area contributed by atoms with E-state index in [9.17, 15) is 0 Å². The van der Waals surface area contributed by atoms with Crippen molar-refractivity contribution in [3.05, 3.63) is 47.9 Å². The molecule has 0 bridgehead atoms. The Morgan fingerprint density at radius 1 is 1.23 bits per heavy atom. The number of rotatable bonds is 1. The standard InChI is InChI=1S/C12H11O/c1-9-3-4-10(2)12(7-9)11-5-6-13-8-11/h3-5,7-8H,1-2H3. The van der Waals surface area contributed by atoms with Crippen molar-refractivity contribution in [3.63, 3.8) is 0 Å². The van der Waals surface area contributed by atoms with Crippen LogP contribution in [0.5, 0.6) is 0 Å². The maximum absolute atomic E-state index is 4.94. The summed E-state index contributed by atoms with van der Waals surface area (Å²) in [7, 11) is 0. The Balaban J connectivity index is 2.57. The van der Waals surface area contributed by atoms with Crippen LogP contribution in [0.3, 0.4) is 0 Å². The Morgan fingerprint density at radius 3 is 2.77 bits per heavy atom. The second kappa shape index (κ2) is 3.09. The van der Waals surface area contributed by atoms with E-state index in [0.29, 0.717) is 0 Å². The van der Waals surface area contributed by atoms with Crippen LogP contribution in [0.1, 0.15) is 11.1 Å². The quantitative estimate of drug-likeness (QED) is 0.641. The molecular formula is C12H11O. The van der Waals surface area contributed by atoms with Crippen molar-refractivity contribution < 1.29 is 4.42 Å². The first-order chi connectivity index (χ1) is 6.27. The predicted octanol–water partition coefficient (Wildman–Crippen LogP) is 3.36. The molecule has 0 saturated heterocycles. The van der Waals surface area contributed by atoms with E-state index in [2.05, 4.69) is 38.3 Å². The van der Waals surface area contributed by atoms with Gasteiger partial charge in [-0.1, -0.05) is 23.8 Å². The summed E-state index contributed by atoms with van der Waals surface area (Å²) in [5, 5.41) is 0. The van der Waals surface area contributed by atoms with Gasteiger partial charge in [-0.2, -0.15) is 0 Å². The molecule has 2 rings (SSSR count). The Morgan fingerprint density at radius 2 is 2.08 bits per heavy atom. The van der Waals surface area contributed by atoms with Crippen LogP contribution in [-0.2, 0) is 0 Å². The highest BCUT2D eigenvalue weighted by molar-refractivity contribution is 5.66. The Labute approximate surface area is 78.0 Å². The number of hydrogen-bond acceptors (Lipinski definition) is 1. The molecule has 0 N–H and O–H groups in total. The van der Waals surface area contributed by atoms with Crippen molar-refractivity contribution in [2.75, 3.05) is 0 Å². The first-order valence-electron chi connectivity index (χ1n) is 4.29. The molecule has 0 aliphatic carbocycles. The summed E-state index contributed by atoms with van der Waals surface area (Å²) in [4.78, 5) is 0. The lowest BCUT2D eigenvalue weighted by molar-refractivity contribution is 0.559. The van der Waals surface area contributed by atoms with Crippen LogP contribution in [0.25, 0.3) is 11.1 Å². The van der Waals surface area contributed by atoms with E-state index in [1.807, 2.05) is 6.07 Å². The molecule has 65 valence electrons. The van der Waals surface area contributed by atoms with Crippen LogP contribution < -0.4 is 0 Å². The van der Waals surface area contributed by atoms with E-state index in [0.717, 1.165) is 5.56 Å². The number of aryl methyl sites for hydroxylation is 2. The van der Waals surface area contributed by atoms with Gasteiger partial charge in [0.2, 0.25) is 0 Å². The molecule has 0 aliphatic rings. The van der Waals surface area contributed by atoms with Crippen molar-refractivity contribution >= 4 is 0 Å². The zero-order chi connectivity index (χ0) is 9.26. The molecule has 0 unspecified atom stereocenters. The molecule has 13 heavy (non-hydrogen) atoms. The van der Waals surface area contributed by atoms with Crippen LogP contribution >= 0.6 is 0 Å². The predicted molar refractivity (Wildman–Crippen MR) is 52.5 cm³/mol. The van der Waals surface area contributed by atoms with Gasteiger partial charge in [-0.05, 0) is 31.0 Å². The Bertz CT molecular complexity index is 399. The lowest BCUT2D eigenvalue weighted by Crippen LogP contribution is -1.82. The molecule has 1 radical (unpaired) electrons. The second-order valence-electron chi connectivity index (χ2n) is 3.27. The summed E-state index contributed by atoms with van der Waals surface area (Å²) in [6, 6.07) is 8.26. The summed E-state index contributed by atoms with van der Waals surface area (Å²) in [6.07, 6.45) is 4.42. The fraction of sp³-hybridized carbons (Fsp3) is 0.167. The fourth-order valence-electron chi connectivity index (χ4n) is 1.42. The Hall–Kier alpha value is -1.50. The van der Waals surface area contributed by atoms with Crippen LogP contribution in [-0.4, -0.2) is 0 Å². The average Bonchev–Trinajstić information content (AvgIpc) is 2.61. The summed E-state index contributed by atoms with van der Waals surface area (Å²) in [6.45, 7) is 4.19. The zero-order valence-electron chi connectivity index (χ0n) is 7.79. The van der Waals surface area contributed by atoms with Gasteiger partial charge in [-0.25, -0.2) is 0 Å². The van der Waals surface area contributed by atoms with Crippen LogP contribution in [0, 0.1) is 20.1 Å². The van der Waals surface area contributed by atoms with E-state index < -0.39 is 0 Å². The highest BCUT2D eigenvalue weighted by atomic mass is 16.3. The largest absolute Gasteiger partial charge is 0.460 e. The average molecular weight is 171 g/mol. The van der Waals surface area contributed by atoms with Gasteiger partial charge >= 0.3 is 0 Å². The third kappa shape index (κ3) is 1.50. The fourth-order valence-corrected chi connectivity index (χ4v) is 1.42. The molecule has 0 saturated carbocycles. The van der Waals surface area contributed by atoms with E-state index in [-0.39, 0.29) is 0 Å². The van der Waals surface area contributed by atoms with Gasteiger partial charge in [-0.15, -0.1) is 0 Å². The van der Waals surface area contributed by atoms with Crippen molar-refractivity contribution in [2.24, 2.45) is 0 Å². The molecule has 1 nitrogen and oxygen atoms in total. The van der Waals surface area contributed by atoms with Gasteiger partial charge in [0.25, 0.3) is 0 Å². The lowest BCUT2D eigenvalue weighted by atomic mass is 10.0. The first-order valence-corrected chi connectivity index (χ1v) is 4.29. The maximum atomic E-state index is 4.94. The van der Waals surface area contributed by atoms with Gasteiger partial charge in [0.05, 0.1) is 6.26 Å². The molecule has 1 heterocycles. The van der Waals surface area contributed by atoms with Crippen LogP contribution in [0.2, 0.25) is 0 Å². The first kappa shape index (κ1) is 8.11. The summed E-state index contributed by atoms with van der Waals surface area (Å²) in [5.41, 5.74) is 4.86. The summed E-state index contributed by atoms with van der Waals surface area (Å²) >= 11 is 0. The molecule has 1 aromatic carbocycles. The third-order valence-corrected chi connectivity index (χ3v) is 2.17. The topological polar surface area (TPSA) is 13.1 Å². The highest BCUT2D eigenvalue weighted by Gasteiger charge is 2.02. The van der Waals surface area contributed by atoms with Crippen molar-refractivity contribution in [3.8, 4) is 11.1 Å². The van der Waals surface area contributed by atoms with Crippen molar-refractivity contribution in [2.45, 2.75) is 13.8 Å². The molecule has 0 fully saturated rings. The number of benzene rings is 1. The van der Waals surface area contributed by atoms with Gasteiger partial charge < -0.3 is 4.42 Å². The van der Waals surface area contributed by atoms with Crippen molar-refractivity contribution in [1.82, 2.24) is 0 Å². The van der Waals surface area contributed by atoms with E-state index in [1.165, 1.54) is 16.7 Å². The smallest absolute Gasteiger partial charge is 0.169 e. The van der Waals surface area contributed by atoms with Crippen LogP contribution in [0.4, 0.5) is 0 Å². The monoisotopic (exact) mass is 171 g/mol. The van der Waals surface area contributed by atoms with E-state index in [1.54, 1.807) is 6.26 Å². The molecule has 0 spiro atoms. The summed E-state index contributed by atoms with van der Waals surface area (Å²) in [5.74, 6) is 0. The highest BCUT2D eigenvalue weighted by Crippen LogP contribution is 2.24. The molecule has 0 aliphatic heterocycles. The van der Waals surface area contributed by atoms with Gasteiger partial charge in [0.1, 0.15) is 0 Å². The second-order valence-corrected chi connectivity index (χ2v) is 3.27. The van der Waals surface area contributed by atoms with Crippen LogP contribution in [0.15, 0.2) is 34.9 Å². The maximum Gasteiger partial charge on any atom is 0.169 e. The minimum atomic E-state index is 1.10. The molecule has 0 amide bonds. The molecular weight excluding hydrogens is 160 g/mol. The normalized spacial score (nSPS) is 10.3.